The van der Waals surface area contributed by atoms with Gasteiger partial charge in [-0.05, 0) is 73.5 Å². The van der Waals surface area contributed by atoms with Crippen LogP contribution in [0.25, 0.3) is 0 Å². The van der Waals surface area contributed by atoms with E-state index in [-0.39, 0.29) is 23.0 Å². The van der Waals surface area contributed by atoms with Crippen LogP contribution in [0.2, 0.25) is 10.0 Å². The summed E-state index contributed by atoms with van der Waals surface area (Å²) < 4.78 is 33.9. The maximum absolute atomic E-state index is 13.9. The van der Waals surface area contributed by atoms with Crippen molar-refractivity contribution < 1.29 is 22.7 Å². The van der Waals surface area contributed by atoms with Crippen LogP contribution >= 0.6 is 23.2 Å². The second-order valence-electron chi connectivity index (χ2n) is 8.60. The van der Waals surface area contributed by atoms with Crippen molar-refractivity contribution in [3.63, 3.8) is 0 Å². The Balaban J connectivity index is 2.06. The van der Waals surface area contributed by atoms with Crippen molar-refractivity contribution >= 4 is 50.7 Å². The van der Waals surface area contributed by atoms with Crippen molar-refractivity contribution in [3.8, 4) is 5.75 Å². The summed E-state index contributed by atoms with van der Waals surface area (Å²) in [7, 11) is -2.72. The highest BCUT2D eigenvalue weighted by Gasteiger charge is 2.33. The van der Waals surface area contributed by atoms with Crippen molar-refractivity contribution in [1.29, 1.82) is 0 Å². The largest absolute Gasteiger partial charge is 0.497 e. The number of rotatable bonds is 12. The fraction of sp³-hybridized carbons (Fsp3) is 0.286. The first kappa shape index (κ1) is 30.3. The fourth-order valence-electron chi connectivity index (χ4n) is 4.03. The molecule has 8 nitrogen and oxygen atoms in total. The molecule has 3 aromatic carbocycles. The Labute approximate surface area is 239 Å². The lowest BCUT2D eigenvalue weighted by Crippen LogP contribution is -2.52. The van der Waals surface area contributed by atoms with Crippen LogP contribution in [-0.4, -0.2) is 51.4 Å². The van der Waals surface area contributed by atoms with E-state index in [1.54, 1.807) is 50.2 Å². The van der Waals surface area contributed by atoms with Crippen molar-refractivity contribution in [2.45, 2.75) is 37.8 Å². The second-order valence-corrected chi connectivity index (χ2v) is 11.3. The molecule has 0 fully saturated rings. The van der Waals surface area contributed by atoms with Crippen molar-refractivity contribution in [2.75, 3.05) is 24.5 Å². The number of hydrogen-bond donors (Lipinski definition) is 1. The summed E-state index contributed by atoms with van der Waals surface area (Å²) in [6, 6.07) is 18.2. The number of nitrogens with one attached hydrogen (secondary N) is 1. The molecule has 0 spiro atoms. The average molecular weight is 593 g/mol. The molecule has 11 heteroatoms. The second kappa shape index (κ2) is 13.7. The molecule has 0 aliphatic heterocycles. The molecule has 0 aliphatic rings. The van der Waals surface area contributed by atoms with Gasteiger partial charge in [0, 0.05) is 23.1 Å². The van der Waals surface area contributed by atoms with Crippen LogP contribution in [-0.2, 0) is 26.2 Å². The number of methoxy groups -OCH3 is 1. The van der Waals surface area contributed by atoms with Crippen LogP contribution in [0.15, 0.2) is 77.7 Å². The predicted octanol–water partition coefficient (Wildman–Crippen LogP) is 5.14. The van der Waals surface area contributed by atoms with E-state index in [0.717, 1.165) is 4.31 Å². The molecule has 2 amide bonds. The lowest BCUT2D eigenvalue weighted by atomic mass is 10.1. The number of likely N-dealkylation sites (N-methyl/N-ethyl adjacent to an activating group) is 1. The fourth-order valence-corrected chi connectivity index (χ4v) is 5.77. The van der Waals surface area contributed by atoms with Gasteiger partial charge in [-0.15, -0.1) is 0 Å². The van der Waals surface area contributed by atoms with Gasteiger partial charge in [0.1, 0.15) is 18.3 Å². The number of carbonyl (C=O) groups excluding carboxylic acids is 2. The number of hydrogen-bond acceptors (Lipinski definition) is 5. The highest BCUT2D eigenvalue weighted by atomic mass is 35.5. The molecule has 208 valence electrons. The molecule has 3 rings (SSSR count). The highest BCUT2D eigenvalue weighted by Crippen LogP contribution is 2.27. The zero-order valence-electron chi connectivity index (χ0n) is 21.9. The minimum Gasteiger partial charge on any atom is -0.497 e. The van der Waals surface area contributed by atoms with E-state index in [4.69, 9.17) is 27.9 Å². The van der Waals surface area contributed by atoms with E-state index >= 15 is 0 Å². The van der Waals surface area contributed by atoms with E-state index in [2.05, 4.69) is 5.32 Å². The Morgan fingerprint density at radius 1 is 0.949 bits per heavy atom. The summed E-state index contributed by atoms with van der Waals surface area (Å²) in [6.07, 6.45) is 0.314. The van der Waals surface area contributed by atoms with Crippen LogP contribution in [0.1, 0.15) is 25.8 Å². The number of nitrogens with zero attached hydrogens (tertiary/aromatic N) is 2. The summed E-state index contributed by atoms with van der Waals surface area (Å²) >= 11 is 12.4. The lowest BCUT2D eigenvalue weighted by Gasteiger charge is -2.33. The van der Waals surface area contributed by atoms with Crippen molar-refractivity contribution in [1.82, 2.24) is 10.2 Å². The van der Waals surface area contributed by atoms with Gasteiger partial charge in [-0.2, -0.15) is 0 Å². The number of sulfonamides is 1. The topological polar surface area (TPSA) is 96.0 Å². The van der Waals surface area contributed by atoms with Gasteiger partial charge >= 0.3 is 0 Å². The molecule has 1 N–H and O–H groups in total. The minimum atomic E-state index is -4.20. The van der Waals surface area contributed by atoms with Crippen molar-refractivity contribution in [2.24, 2.45) is 0 Å². The van der Waals surface area contributed by atoms with Gasteiger partial charge in [0.15, 0.2) is 0 Å². The van der Waals surface area contributed by atoms with Crippen LogP contribution in [0.4, 0.5) is 5.69 Å². The number of benzene rings is 3. The minimum absolute atomic E-state index is 0.0190. The van der Waals surface area contributed by atoms with Crippen LogP contribution in [0.5, 0.6) is 5.75 Å². The van der Waals surface area contributed by atoms with E-state index in [1.165, 1.54) is 48.4 Å². The maximum atomic E-state index is 13.9. The molecule has 0 radical (unpaired) electrons. The zero-order chi connectivity index (χ0) is 28.6. The summed E-state index contributed by atoms with van der Waals surface area (Å²) in [6.45, 7) is 3.42. The molecular formula is C28H31Cl2N3O5S. The summed E-state index contributed by atoms with van der Waals surface area (Å²) in [4.78, 5) is 28.3. The Morgan fingerprint density at radius 2 is 1.59 bits per heavy atom. The van der Waals surface area contributed by atoms with Gasteiger partial charge in [0.2, 0.25) is 11.8 Å². The molecule has 0 bridgehead atoms. The molecular weight excluding hydrogens is 561 g/mol. The third-order valence-electron chi connectivity index (χ3n) is 6.08. The molecule has 1 atom stereocenters. The summed E-state index contributed by atoms with van der Waals surface area (Å²) in [5.41, 5.74) is 0.874. The molecule has 0 aromatic heterocycles. The summed E-state index contributed by atoms with van der Waals surface area (Å²) in [5, 5.41) is 3.61. The smallest absolute Gasteiger partial charge is 0.264 e. The normalized spacial score (nSPS) is 11.9. The first-order valence-corrected chi connectivity index (χ1v) is 14.5. The maximum Gasteiger partial charge on any atom is 0.264 e. The quantitative estimate of drug-likeness (QED) is 0.314. The Morgan fingerprint density at radius 3 is 2.15 bits per heavy atom. The third-order valence-corrected chi connectivity index (χ3v) is 8.49. The van der Waals surface area contributed by atoms with Gasteiger partial charge in [-0.3, -0.25) is 13.9 Å². The molecule has 0 saturated carbocycles. The SMILES string of the molecule is CCNC(=O)C(CC)N(Cc1ccccc1Cl)C(=O)CN(c1ccc(Cl)cc1)S(=O)(=O)c1ccc(OC)cc1. The molecule has 0 saturated heterocycles. The van der Waals surface area contributed by atoms with E-state index in [1.807, 2.05) is 0 Å². The number of halogens is 2. The molecule has 0 aliphatic carbocycles. The average Bonchev–Trinajstić information content (AvgIpc) is 2.93. The zero-order valence-corrected chi connectivity index (χ0v) is 24.3. The van der Waals surface area contributed by atoms with Gasteiger partial charge in [0.25, 0.3) is 10.0 Å². The van der Waals surface area contributed by atoms with Gasteiger partial charge < -0.3 is 15.0 Å². The van der Waals surface area contributed by atoms with Crippen LogP contribution in [0.3, 0.4) is 0 Å². The van der Waals surface area contributed by atoms with E-state index < -0.39 is 28.5 Å². The van der Waals surface area contributed by atoms with Crippen LogP contribution in [0, 0.1) is 0 Å². The van der Waals surface area contributed by atoms with E-state index in [9.17, 15) is 18.0 Å². The monoisotopic (exact) mass is 591 g/mol. The Bertz CT molecular complexity index is 1380. The molecule has 1 unspecified atom stereocenters. The first-order valence-electron chi connectivity index (χ1n) is 12.3. The van der Waals surface area contributed by atoms with Crippen LogP contribution < -0.4 is 14.4 Å². The van der Waals surface area contributed by atoms with Crippen molar-refractivity contribution in [3.05, 3.63) is 88.4 Å². The molecule has 39 heavy (non-hydrogen) atoms. The third kappa shape index (κ3) is 7.44. The molecule has 0 heterocycles. The standard InChI is InChI=1S/C28H31Cl2N3O5S/c1-4-26(28(35)31-5-2)32(18-20-8-6-7-9-25(20)30)27(34)19-33(22-12-10-21(29)11-13-22)39(36,37)24-16-14-23(38-3)15-17-24/h6-17,26H,4-5,18-19H2,1-3H3,(H,31,35). The number of anilines is 1. The first-order chi connectivity index (χ1) is 18.6. The summed E-state index contributed by atoms with van der Waals surface area (Å²) in [5.74, 6) is -0.418. The lowest BCUT2D eigenvalue weighted by molar-refractivity contribution is -0.140. The van der Waals surface area contributed by atoms with Gasteiger partial charge in [-0.1, -0.05) is 48.3 Å². The molecule has 3 aromatic rings. The number of carbonyl (C=O) groups is 2. The highest BCUT2D eigenvalue weighted by molar-refractivity contribution is 7.92. The van der Waals surface area contributed by atoms with Gasteiger partial charge in [0.05, 0.1) is 17.7 Å². The number of amides is 2. The Kier molecular flexibility index (Phi) is 10.6. The Hall–Kier alpha value is -3.27. The predicted molar refractivity (Wildman–Crippen MR) is 154 cm³/mol. The van der Waals surface area contributed by atoms with Gasteiger partial charge in [-0.25, -0.2) is 8.42 Å². The van der Waals surface area contributed by atoms with E-state index in [0.29, 0.717) is 34.3 Å². The number of ether oxygens (including phenoxy) is 1.